The zero-order valence-electron chi connectivity index (χ0n) is 13.9. The van der Waals surface area contributed by atoms with E-state index in [2.05, 4.69) is 22.4 Å². The number of hydrogen-bond donors (Lipinski definition) is 2. The van der Waals surface area contributed by atoms with Crippen LogP contribution in [0.4, 0.5) is 0 Å². The van der Waals surface area contributed by atoms with Gasteiger partial charge < -0.3 is 10.1 Å². The van der Waals surface area contributed by atoms with E-state index < -0.39 is 0 Å². The molecule has 0 saturated heterocycles. The Kier molecular flexibility index (Phi) is 3.98. The first-order valence-electron chi connectivity index (χ1n) is 8.34. The molecule has 1 aliphatic rings. The third-order valence-corrected chi connectivity index (χ3v) is 4.52. The number of aromatic amines is 1. The van der Waals surface area contributed by atoms with E-state index in [1.54, 1.807) is 12.3 Å². The van der Waals surface area contributed by atoms with Crippen molar-refractivity contribution in [1.29, 1.82) is 0 Å². The van der Waals surface area contributed by atoms with Gasteiger partial charge in [-0.15, -0.1) is 0 Å². The maximum Gasteiger partial charge on any atom is 0.244 e. The van der Waals surface area contributed by atoms with Crippen LogP contribution < -0.4 is 10.1 Å². The predicted molar refractivity (Wildman–Crippen MR) is 97.1 cm³/mol. The topological polar surface area (TPSA) is 67.0 Å². The summed E-state index contributed by atoms with van der Waals surface area (Å²) < 4.78 is 5.73. The van der Waals surface area contributed by atoms with Gasteiger partial charge in [0.05, 0.1) is 24.4 Å². The molecule has 2 heterocycles. The summed E-state index contributed by atoms with van der Waals surface area (Å²) in [7, 11) is 0. The summed E-state index contributed by atoms with van der Waals surface area (Å²) in [5.41, 5.74) is 2.93. The molecule has 0 saturated carbocycles. The van der Waals surface area contributed by atoms with E-state index in [0.717, 1.165) is 27.8 Å². The summed E-state index contributed by atoms with van der Waals surface area (Å²) in [6.07, 6.45) is 5.16. The average Bonchev–Trinajstić information content (AvgIpc) is 3.10. The standard InChI is InChI=1S/C20H19N3O2/c1-13-12-25-18-5-3-2-4-16(18)20(13)22-19(24)9-7-14-6-8-15-11-21-23-17(15)10-14/h2-11,13,20H,12H2,1H3,(H,21,23)(H,22,24). The van der Waals surface area contributed by atoms with Crippen molar-refractivity contribution in [2.24, 2.45) is 5.92 Å². The largest absolute Gasteiger partial charge is 0.493 e. The van der Waals surface area contributed by atoms with Crippen LogP contribution in [0.2, 0.25) is 0 Å². The first-order chi connectivity index (χ1) is 12.2. The van der Waals surface area contributed by atoms with Gasteiger partial charge >= 0.3 is 0 Å². The van der Waals surface area contributed by atoms with Crippen LogP contribution in [0.3, 0.4) is 0 Å². The summed E-state index contributed by atoms with van der Waals surface area (Å²) >= 11 is 0. The predicted octanol–water partition coefficient (Wildman–Crippen LogP) is 3.46. The van der Waals surface area contributed by atoms with E-state index in [0.29, 0.717) is 6.61 Å². The lowest BCUT2D eigenvalue weighted by Gasteiger charge is -2.31. The van der Waals surface area contributed by atoms with Gasteiger partial charge in [0.15, 0.2) is 0 Å². The zero-order chi connectivity index (χ0) is 17.2. The van der Waals surface area contributed by atoms with Crippen molar-refractivity contribution in [2.45, 2.75) is 13.0 Å². The second-order valence-electron chi connectivity index (χ2n) is 6.36. The van der Waals surface area contributed by atoms with Gasteiger partial charge in [0.1, 0.15) is 5.75 Å². The highest BCUT2D eigenvalue weighted by molar-refractivity contribution is 5.92. The third-order valence-electron chi connectivity index (χ3n) is 4.52. The monoisotopic (exact) mass is 333 g/mol. The van der Waals surface area contributed by atoms with Gasteiger partial charge in [-0.2, -0.15) is 5.10 Å². The Labute approximate surface area is 145 Å². The lowest BCUT2D eigenvalue weighted by atomic mass is 9.92. The maximum absolute atomic E-state index is 12.4. The number of hydrogen-bond acceptors (Lipinski definition) is 3. The van der Waals surface area contributed by atoms with Crippen LogP contribution in [-0.4, -0.2) is 22.7 Å². The summed E-state index contributed by atoms with van der Waals surface area (Å²) in [6, 6.07) is 13.7. The average molecular weight is 333 g/mol. The van der Waals surface area contributed by atoms with Crippen LogP contribution in [0.5, 0.6) is 5.75 Å². The fourth-order valence-corrected chi connectivity index (χ4v) is 3.14. The fourth-order valence-electron chi connectivity index (χ4n) is 3.14. The number of benzene rings is 2. The Bertz CT molecular complexity index is 945. The number of rotatable bonds is 3. The van der Waals surface area contributed by atoms with Crippen molar-refractivity contribution < 1.29 is 9.53 Å². The molecule has 1 amide bonds. The van der Waals surface area contributed by atoms with Crippen LogP contribution >= 0.6 is 0 Å². The summed E-state index contributed by atoms with van der Waals surface area (Å²) in [5.74, 6) is 0.950. The van der Waals surface area contributed by atoms with Gasteiger partial charge in [0.25, 0.3) is 0 Å². The molecule has 2 atom stereocenters. The van der Waals surface area contributed by atoms with Gasteiger partial charge in [0.2, 0.25) is 5.91 Å². The van der Waals surface area contributed by atoms with Crippen LogP contribution in [0.25, 0.3) is 17.0 Å². The van der Waals surface area contributed by atoms with E-state index in [1.165, 1.54) is 0 Å². The number of amides is 1. The molecule has 0 bridgehead atoms. The van der Waals surface area contributed by atoms with E-state index in [9.17, 15) is 4.79 Å². The van der Waals surface area contributed by atoms with Crippen molar-refractivity contribution in [3.05, 3.63) is 65.9 Å². The molecule has 0 fully saturated rings. The van der Waals surface area contributed by atoms with Gasteiger partial charge in [-0.3, -0.25) is 9.89 Å². The number of nitrogens with zero attached hydrogens (tertiary/aromatic N) is 1. The molecule has 1 aromatic heterocycles. The van der Waals surface area contributed by atoms with Crippen LogP contribution in [0, 0.1) is 5.92 Å². The third kappa shape index (κ3) is 3.13. The normalized spacial score (nSPS) is 19.6. The molecule has 3 aromatic rings. The minimum atomic E-state index is -0.113. The van der Waals surface area contributed by atoms with E-state index in [-0.39, 0.29) is 17.9 Å². The molecular weight excluding hydrogens is 314 g/mol. The lowest BCUT2D eigenvalue weighted by molar-refractivity contribution is -0.117. The van der Waals surface area contributed by atoms with Crippen molar-refractivity contribution in [2.75, 3.05) is 6.61 Å². The molecule has 0 aliphatic carbocycles. The number of nitrogens with one attached hydrogen (secondary N) is 2. The number of para-hydroxylation sites is 1. The number of carbonyl (C=O) groups excluding carboxylic acids is 1. The van der Waals surface area contributed by atoms with Crippen LogP contribution in [0.15, 0.2) is 54.7 Å². The Balaban J connectivity index is 1.50. The van der Waals surface area contributed by atoms with E-state index in [4.69, 9.17) is 4.74 Å². The maximum atomic E-state index is 12.4. The number of fused-ring (bicyclic) bond motifs is 2. The lowest BCUT2D eigenvalue weighted by Crippen LogP contribution is -2.36. The summed E-state index contributed by atoms with van der Waals surface area (Å²) in [4.78, 5) is 12.4. The molecule has 2 unspecified atom stereocenters. The highest BCUT2D eigenvalue weighted by atomic mass is 16.5. The van der Waals surface area contributed by atoms with Gasteiger partial charge in [-0.25, -0.2) is 0 Å². The number of carbonyl (C=O) groups is 1. The van der Waals surface area contributed by atoms with Gasteiger partial charge in [-0.1, -0.05) is 37.3 Å². The minimum Gasteiger partial charge on any atom is -0.493 e. The molecule has 0 radical (unpaired) electrons. The summed E-state index contributed by atoms with van der Waals surface area (Å²) in [5, 5.41) is 11.1. The Morgan fingerprint density at radius 3 is 3.12 bits per heavy atom. The summed E-state index contributed by atoms with van der Waals surface area (Å²) in [6.45, 7) is 2.68. The number of aromatic nitrogens is 2. The highest BCUT2D eigenvalue weighted by Gasteiger charge is 2.28. The quantitative estimate of drug-likeness (QED) is 0.721. The first kappa shape index (κ1) is 15.4. The Morgan fingerprint density at radius 2 is 2.20 bits per heavy atom. The molecule has 126 valence electrons. The molecule has 2 N–H and O–H groups in total. The Morgan fingerprint density at radius 1 is 1.32 bits per heavy atom. The molecule has 2 aromatic carbocycles. The highest BCUT2D eigenvalue weighted by Crippen LogP contribution is 2.34. The molecule has 5 heteroatoms. The van der Waals surface area contributed by atoms with E-state index in [1.807, 2.05) is 48.5 Å². The molecule has 5 nitrogen and oxygen atoms in total. The minimum absolute atomic E-state index is 0.0443. The zero-order valence-corrected chi connectivity index (χ0v) is 13.9. The van der Waals surface area contributed by atoms with Crippen molar-refractivity contribution in [1.82, 2.24) is 15.5 Å². The second-order valence-corrected chi connectivity index (χ2v) is 6.36. The van der Waals surface area contributed by atoms with Crippen LogP contribution in [-0.2, 0) is 4.79 Å². The SMILES string of the molecule is CC1COc2ccccc2C1NC(=O)C=Cc1ccc2cn[nH]c2c1. The van der Waals surface area contributed by atoms with Crippen molar-refractivity contribution in [3.63, 3.8) is 0 Å². The van der Waals surface area contributed by atoms with Gasteiger partial charge in [0, 0.05) is 22.9 Å². The fraction of sp³-hybridized carbons (Fsp3) is 0.200. The number of ether oxygens (including phenoxy) is 1. The smallest absolute Gasteiger partial charge is 0.244 e. The first-order valence-corrected chi connectivity index (χ1v) is 8.34. The second kappa shape index (κ2) is 6.43. The molecular formula is C20H19N3O2. The molecule has 1 aliphatic heterocycles. The molecule has 25 heavy (non-hydrogen) atoms. The van der Waals surface area contributed by atoms with Crippen molar-refractivity contribution >= 4 is 22.9 Å². The molecule has 0 spiro atoms. The number of H-pyrrole nitrogens is 1. The molecule has 4 rings (SSSR count). The van der Waals surface area contributed by atoms with Crippen molar-refractivity contribution in [3.8, 4) is 5.75 Å². The van der Waals surface area contributed by atoms with Gasteiger partial charge in [-0.05, 0) is 23.8 Å². The van der Waals surface area contributed by atoms with Crippen LogP contribution in [0.1, 0.15) is 24.1 Å². The Hall–Kier alpha value is -3.08. The van der Waals surface area contributed by atoms with E-state index >= 15 is 0 Å².